The van der Waals surface area contributed by atoms with Crippen LogP contribution in [-0.4, -0.2) is 20.1 Å². The molecular formula is C7H6F2N2O4. The molecular weight excluding hydrogens is 214 g/mol. The Morgan fingerprint density at radius 2 is 2.20 bits per heavy atom. The third-order valence-electron chi connectivity index (χ3n) is 1.65. The maximum absolute atomic E-state index is 12.3. The number of hydrogen-bond donors (Lipinski definition) is 2. The van der Waals surface area contributed by atoms with E-state index in [-0.39, 0.29) is 5.56 Å². The van der Waals surface area contributed by atoms with Crippen molar-refractivity contribution >= 4 is 5.82 Å². The molecule has 15 heavy (non-hydrogen) atoms. The number of aliphatic hydroxyl groups is 1. The van der Waals surface area contributed by atoms with Gasteiger partial charge in [-0.15, -0.1) is 0 Å². The van der Waals surface area contributed by atoms with Crippen molar-refractivity contribution in [1.29, 1.82) is 0 Å². The highest BCUT2D eigenvalue weighted by Crippen LogP contribution is 2.30. The van der Waals surface area contributed by atoms with Gasteiger partial charge >= 0.3 is 12.2 Å². The van der Waals surface area contributed by atoms with E-state index in [0.717, 1.165) is 0 Å². The molecule has 0 atom stereocenters. The largest absolute Gasteiger partial charge is 0.501 e. The van der Waals surface area contributed by atoms with Gasteiger partial charge in [-0.2, -0.15) is 0 Å². The lowest BCUT2D eigenvalue weighted by molar-refractivity contribution is -0.390. The van der Waals surface area contributed by atoms with Gasteiger partial charge in [0.15, 0.2) is 0 Å². The van der Waals surface area contributed by atoms with Crippen LogP contribution in [0.3, 0.4) is 0 Å². The van der Waals surface area contributed by atoms with E-state index in [0.29, 0.717) is 6.07 Å². The van der Waals surface area contributed by atoms with E-state index in [1.807, 2.05) is 0 Å². The predicted molar refractivity (Wildman–Crippen MR) is 43.4 cm³/mol. The van der Waals surface area contributed by atoms with Gasteiger partial charge in [0.25, 0.3) is 0 Å². The standard InChI is InChI=1S/C7H6F2N2O4/c8-6(9)5-3(2-12)1-4(13)7(10-5)11(14)15/h1,6,12-13H,2H2. The number of nitro groups is 1. The first kappa shape index (κ1) is 11.2. The van der Waals surface area contributed by atoms with Crippen LogP contribution in [-0.2, 0) is 6.61 Å². The number of aromatic nitrogens is 1. The summed E-state index contributed by atoms with van der Waals surface area (Å²) in [5.41, 5.74) is -1.24. The summed E-state index contributed by atoms with van der Waals surface area (Å²) in [6.07, 6.45) is -3.05. The fourth-order valence-corrected chi connectivity index (χ4v) is 0.997. The quantitative estimate of drug-likeness (QED) is 0.587. The van der Waals surface area contributed by atoms with Crippen molar-refractivity contribution in [2.45, 2.75) is 13.0 Å². The Bertz CT molecular complexity index is 397. The van der Waals surface area contributed by atoms with Gasteiger partial charge in [0.05, 0.1) is 6.61 Å². The van der Waals surface area contributed by atoms with Gasteiger partial charge in [0, 0.05) is 5.56 Å². The first-order valence-electron chi connectivity index (χ1n) is 3.73. The van der Waals surface area contributed by atoms with Crippen molar-refractivity contribution in [3.63, 3.8) is 0 Å². The van der Waals surface area contributed by atoms with Crippen LogP contribution >= 0.6 is 0 Å². The van der Waals surface area contributed by atoms with Gasteiger partial charge in [-0.1, -0.05) is 0 Å². The number of halogens is 2. The minimum Gasteiger partial charge on any atom is -0.501 e. The van der Waals surface area contributed by atoms with Gasteiger partial charge in [-0.3, -0.25) is 0 Å². The number of rotatable bonds is 3. The van der Waals surface area contributed by atoms with Gasteiger partial charge in [0.2, 0.25) is 11.4 Å². The molecule has 1 heterocycles. The topological polar surface area (TPSA) is 96.5 Å². The zero-order valence-corrected chi connectivity index (χ0v) is 7.22. The Hall–Kier alpha value is -1.83. The van der Waals surface area contributed by atoms with Gasteiger partial charge in [0.1, 0.15) is 0 Å². The number of aromatic hydroxyl groups is 1. The van der Waals surface area contributed by atoms with Crippen LogP contribution in [0, 0.1) is 10.1 Å². The zero-order chi connectivity index (χ0) is 11.6. The number of aliphatic hydroxyl groups excluding tert-OH is 1. The van der Waals surface area contributed by atoms with Crippen LogP contribution in [0.4, 0.5) is 14.6 Å². The molecule has 0 aromatic carbocycles. The number of alkyl halides is 2. The second kappa shape index (κ2) is 4.13. The molecule has 0 radical (unpaired) electrons. The molecule has 0 saturated carbocycles. The van der Waals surface area contributed by atoms with Crippen molar-refractivity contribution in [3.05, 3.63) is 27.4 Å². The van der Waals surface area contributed by atoms with Crippen LogP contribution in [0.2, 0.25) is 0 Å². The van der Waals surface area contributed by atoms with E-state index in [9.17, 15) is 18.9 Å². The fourth-order valence-electron chi connectivity index (χ4n) is 0.997. The molecule has 1 aromatic rings. The number of nitrogens with zero attached hydrogens (tertiary/aromatic N) is 2. The van der Waals surface area contributed by atoms with Gasteiger partial charge < -0.3 is 20.3 Å². The predicted octanol–water partition coefficient (Wildman–Crippen LogP) is 1.13. The molecule has 1 rings (SSSR count). The normalized spacial score (nSPS) is 10.7. The third kappa shape index (κ3) is 2.15. The molecule has 0 spiro atoms. The second-order valence-corrected chi connectivity index (χ2v) is 2.59. The number of pyridine rings is 1. The molecule has 0 bridgehead atoms. The molecule has 8 heteroatoms. The minimum atomic E-state index is -3.05. The highest BCUT2D eigenvalue weighted by molar-refractivity contribution is 5.43. The lowest BCUT2D eigenvalue weighted by Gasteiger charge is -2.03. The zero-order valence-electron chi connectivity index (χ0n) is 7.22. The first-order valence-corrected chi connectivity index (χ1v) is 3.73. The third-order valence-corrected chi connectivity index (χ3v) is 1.65. The summed E-state index contributed by atoms with van der Waals surface area (Å²) in [4.78, 5) is 12.2. The number of hydrogen-bond acceptors (Lipinski definition) is 5. The molecule has 0 unspecified atom stereocenters. The molecule has 0 amide bonds. The summed E-state index contributed by atoms with van der Waals surface area (Å²) in [6, 6.07) is 0.701. The molecule has 0 aliphatic carbocycles. The van der Waals surface area contributed by atoms with Crippen LogP contribution in [0.15, 0.2) is 6.07 Å². The smallest absolute Gasteiger partial charge is 0.406 e. The molecule has 82 valence electrons. The van der Waals surface area contributed by atoms with E-state index in [1.165, 1.54) is 0 Å². The van der Waals surface area contributed by atoms with Gasteiger partial charge in [-0.05, 0) is 16.0 Å². The summed E-state index contributed by atoms with van der Waals surface area (Å²) in [7, 11) is 0. The minimum absolute atomic E-state index is 0.340. The van der Waals surface area contributed by atoms with Crippen LogP contribution in [0.5, 0.6) is 5.75 Å². The van der Waals surface area contributed by atoms with Crippen molar-refractivity contribution in [3.8, 4) is 5.75 Å². The summed E-state index contributed by atoms with van der Waals surface area (Å²) in [5, 5.41) is 28.0. The van der Waals surface area contributed by atoms with Crippen molar-refractivity contribution in [1.82, 2.24) is 4.98 Å². The Labute approximate surface area is 82.0 Å². The highest BCUT2D eigenvalue weighted by atomic mass is 19.3. The molecule has 0 fully saturated rings. The van der Waals surface area contributed by atoms with E-state index >= 15 is 0 Å². The molecule has 1 aromatic heterocycles. The van der Waals surface area contributed by atoms with E-state index in [2.05, 4.69) is 4.98 Å². The summed E-state index contributed by atoms with van der Waals surface area (Å²) < 4.78 is 24.6. The first-order chi connectivity index (χ1) is 6.97. The Morgan fingerprint density at radius 1 is 1.60 bits per heavy atom. The van der Waals surface area contributed by atoms with Crippen LogP contribution in [0.1, 0.15) is 17.7 Å². The average molecular weight is 220 g/mol. The average Bonchev–Trinajstić information content (AvgIpc) is 2.16. The van der Waals surface area contributed by atoms with E-state index in [4.69, 9.17) is 10.2 Å². The molecule has 0 aliphatic heterocycles. The molecule has 6 nitrogen and oxygen atoms in total. The molecule has 0 saturated heterocycles. The monoisotopic (exact) mass is 220 g/mol. The Morgan fingerprint density at radius 3 is 2.60 bits per heavy atom. The van der Waals surface area contributed by atoms with Crippen molar-refractivity contribution in [2.75, 3.05) is 0 Å². The summed E-state index contributed by atoms with van der Waals surface area (Å²) in [6.45, 7) is -0.780. The maximum Gasteiger partial charge on any atom is 0.406 e. The highest BCUT2D eigenvalue weighted by Gasteiger charge is 2.26. The lowest BCUT2D eigenvalue weighted by Crippen LogP contribution is -2.02. The summed E-state index contributed by atoms with van der Waals surface area (Å²) in [5.74, 6) is -1.91. The Kier molecular flexibility index (Phi) is 3.10. The Balaban J connectivity index is 3.37. The van der Waals surface area contributed by atoms with E-state index in [1.54, 1.807) is 0 Å². The molecule has 2 N–H and O–H groups in total. The maximum atomic E-state index is 12.3. The second-order valence-electron chi connectivity index (χ2n) is 2.59. The van der Waals surface area contributed by atoms with Crippen LogP contribution in [0.25, 0.3) is 0 Å². The summed E-state index contributed by atoms with van der Waals surface area (Å²) >= 11 is 0. The molecule has 0 aliphatic rings. The van der Waals surface area contributed by atoms with Crippen LogP contribution < -0.4 is 0 Å². The fraction of sp³-hybridized carbons (Fsp3) is 0.286. The van der Waals surface area contributed by atoms with Crippen molar-refractivity contribution in [2.24, 2.45) is 0 Å². The lowest BCUT2D eigenvalue weighted by atomic mass is 10.2. The van der Waals surface area contributed by atoms with Gasteiger partial charge in [-0.25, -0.2) is 8.78 Å². The van der Waals surface area contributed by atoms with Crippen molar-refractivity contribution < 1.29 is 23.9 Å². The SMILES string of the molecule is O=[N+]([O-])c1nc(C(F)F)c(CO)cc1O. The van der Waals surface area contributed by atoms with E-state index < -0.39 is 35.2 Å².